The van der Waals surface area contributed by atoms with Crippen molar-refractivity contribution >= 4 is 11.8 Å². The van der Waals surface area contributed by atoms with E-state index in [4.69, 9.17) is 0 Å². The molecule has 0 aromatic heterocycles. The van der Waals surface area contributed by atoms with Crippen LogP contribution in [-0.4, -0.2) is 34.3 Å². The molecule has 114 valence electrons. The van der Waals surface area contributed by atoms with Crippen molar-refractivity contribution in [3.05, 3.63) is 35.9 Å². The SMILES string of the molecule is CC1(C)NC(=O)C(C)(C)N(CCCc2ccccc2)C1=O. The fourth-order valence-electron chi connectivity index (χ4n) is 2.67. The lowest BCUT2D eigenvalue weighted by Gasteiger charge is -2.47. The number of amides is 2. The van der Waals surface area contributed by atoms with Gasteiger partial charge in [0.2, 0.25) is 11.8 Å². The molecule has 1 aromatic rings. The van der Waals surface area contributed by atoms with Crippen LogP contribution in [0.25, 0.3) is 0 Å². The molecule has 0 unspecified atom stereocenters. The fraction of sp³-hybridized carbons (Fsp3) is 0.529. The Kier molecular flexibility index (Phi) is 4.08. The van der Waals surface area contributed by atoms with E-state index < -0.39 is 11.1 Å². The largest absolute Gasteiger partial charge is 0.340 e. The molecule has 0 radical (unpaired) electrons. The van der Waals surface area contributed by atoms with Crippen molar-refractivity contribution in [2.45, 2.75) is 51.6 Å². The maximum Gasteiger partial charge on any atom is 0.248 e. The summed E-state index contributed by atoms with van der Waals surface area (Å²) >= 11 is 0. The number of nitrogens with one attached hydrogen (secondary N) is 1. The van der Waals surface area contributed by atoms with Crippen molar-refractivity contribution < 1.29 is 9.59 Å². The van der Waals surface area contributed by atoms with Crippen molar-refractivity contribution in [2.75, 3.05) is 6.54 Å². The second-order valence-corrected chi connectivity index (χ2v) is 6.68. The van der Waals surface area contributed by atoms with Crippen LogP contribution in [-0.2, 0) is 16.0 Å². The average molecular weight is 288 g/mol. The second-order valence-electron chi connectivity index (χ2n) is 6.68. The summed E-state index contributed by atoms with van der Waals surface area (Å²) in [5.41, 5.74) is -0.355. The summed E-state index contributed by atoms with van der Waals surface area (Å²) in [7, 11) is 0. The molecule has 2 amide bonds. The maximum absolute atomic E-state index is 12.6. The third kappa shape index (κ3) is 3.09. The third-order valence-corrected chi connectivity index (χ3v) is 4.13. The molecule has 1 aromatic carbocycles. The lowest BCUT2D eigenvalue weighted by molar-refractivity contribution is -0.159. The standard InChI is InChI=1S/C17H24N2O2/c1-16(2)15(21)19(17(3,4)14(20)18-16)12-8-11-13-9-6-5-7-10-13/h5-7,9-10H,8,11-12H2,1-4H3,(H,18,20). The van der Waals surface area contributed by atoms with Crippen LogP contribution in [0.3, 0.4) is 0 Å². The zero-order chi connectivity index (χ0) is 15.7. The molecular weight excluding hydrogens is 264 g/mol. The monoisotopic (exact) mass is 288 g/mol. The molecule has 0 bridgehead atoms. The summed E-state index contributed by atoms with van der Waals surface area (Å²) in [6.07, 6.45) is 1.76. The first-order valence-electron chi connectivity index (χ1n) is 7.44. The van der Waals surface area contributed by atoms with Gasteiger partial charge in [-0.15, -0.1) is 0 Å². The molecule has 21 heavy (non-hydrogen) atoms. The lowest BCUT2D eigenvalue weighted by Crippen LogP contribution is -2.72. The van der Waals surface area contributed by atoms with Gasteiger partial charge in [0.1, 0.15) is 11.1 Å². The number of aryl methyl sites for hydroxylation is 1. The van der Waals surface area contributed by atoms with E-state index in [-0.39, 0.29) is 11.8 Å². The van der Waals surface area contributed by atoms with Crippen LogP contribution >= 0.6 is 0 Å². The normalized spacial score (nSPS) is 20.3. The van der Waals surface area contributed by atoms with E-state index in [0.29, 0.717) is 6.54 Å². The summed E-state index contributed by atoms with van der Waals surface area (Å²) in [6, 6.07) is 10.2. The highest BCUT2D eigenvalue weighted by molar-refractivity contribution is 6.01. The van der Waals surface area contributed by atoms with Crippen LogP contribution in [0.15, 0.2) is 30.3 Å². The van der Waals surface area contributed by atoms with Gasteiger partial charge in [0.15, 0.2) is 0 Å². The van der Waals surface area contributed by atoms with Gasteiger partial charge in [-0.1, -0.05) is 30.3 Å². The second kappa shape index (κ2) is 5.51. The van der Waals surface area contributed by atoms with Crippen LogP contribution in [0.1, 0.15) is 39.7 Å². The van der Waals surface area contributed by atoms with E-state index in [2.05, 4.69) is 17.4 Å². The van der Waals surface area contributed by atoms with Crippen LogP contribution in [0, 0.1) is 0 Å². The minimum atomic E-state index is -0.820. The minimum absolute atomic E-state index is 0.0137. The Hall–Kier alpha value is -1.84. The Labute approximate surface area is 126 Å². The van der Waals surface area contributed by atoms with Gasteiger partial charge in [0.05, 0.1) is 0 Å². The van der Waals surface area contributed by atoms with Crippen molar-refractivity contribution in [3.63, 3.8) is 0 Å². The smallest absolute Gasteiger partial charge is 0.248 e. The summed E-state index contributed by atoms with van der Waals surface area (Å²) < 4.78 is 0. The molecule has 0 spiro atoms. The highest BCUT2D eigenvalue weighted by Gasteiger charge is 2.49. The molecule has 1 saturated heterocycles. The minimum Gasteiger partial charge on any atom is -0.340 e. The number of piperazine rings is 1. The molecule has 1 aliphatic rings. The predicted molar refractivity (Wildman–Crippen MR) is 82.8 cm³/mol. The first-order chi connectivity index (χ1) is 9.75. The quantitative estimate of drug-likeness (QED) is 0.922. The number of carbonyl (C=O) groups is 2. The van der Waals surface area contributed by atoms with Crippen molar-refractivity contribution in [3.8, 4) is 0 Å². The van der Waals surface area contributed by atoms with Gasteiger partial charge < -0.3 is 10.2 Å². The topological polar surface area (TPSA) is 49.4 Å². The molecule has 1 aliphatic heterocycles. The number of nitrogens with zero attached hydrogens (tertiary/aromatic N) is 1. The molecule has 1 N–H and O–H groups in total. The molecule has 2 rings (SSSR count). The predicted octanol–water partition coefficient (Wildman–Crippen LogP) is 2.13. The van der Waals surface area contributed by atoms with Crippen molar-refractivity contribution in [2.24, 2.45) is 0 Å². The number of rotatable bonds is 4. The van der Waals surface area contributed by atoms with Crippen molar-refractivity contribution in [1.82, 2.24) is 10.2 Å². The first kappa shape index (κ1) is 15.5. The van der Waals surface area contributed by atoms with E-state index >= 15 is 0 Å². The van der Waals surface area contributed by atoms with Gasteiger partial charge >= 0.3 is 0 Å². The summed E-state index contributed by atoms with van der Waals surface area (Å²) in [5, 5.41) is 2.80. The zero-order valence-electron chi connectivity index (χ0n) is 13.3. The number of hydrogen-bond donors (Lipinski definition) is 1. The number of carbonyl (C=O) groups excluding carboxylic acids is 2. The maximum atomic E-state index is 12.6. The highest BCUT2D eigenvalue weighted by atomic mass is 16.2. The third-order valence-electron chi connectivity index (χ3n) is 4.13. The molecule has 4 nitrogen and oxygen atoms in total. The molecule has 1 fully saturated rings. The number of hydrogen-bond acceptors (Lipinski definition) is 2. The van der Waals surface area contributed by atoms with Gasteiger partial charge in [-0.05, 0) is 46.1 Å². The average Bonchev–Trinajstić information content (AvgIpc) is 2.42. The summed E-state index contributed by atoms with van der Waals surface area (Å²) in [6.45, 7) is 7.72. The molecule has 0 aliphatic carbocycles. The van der Waals surface area contributed by atoms with Crippen LogP contribution in [0.2, 0.25) is 0 Å². The van der Waals surface area contributed by atoms with E-state index in [1.807, 2.05) is 18.2 Å². The van der Waals surface area contributed by atoms with Gasteiger partial charge in [-0.25, -0.2) is 0 Å². The summed E-state index contributed by atoms with van der Waals surface area (Å²) in [5.74, 6) is -0.105. The van der Waals surface area contributed by atoms with E-state index in [1.54, 1.807) is 32.6 Å². The van der Waals surface area contributed by atoms with Crippen LogP contribution in [0.5, 0.6) is 0 Å². The molecule has 1 heterocycles. The molecule has 4 heteroatoms. The van der Waals surface area contributed by atoms with E-state index in [1.165, 1.54) is 5.56 Å². The summed E-state index contributed by atoms with van der Waals surface area (Å²) in [4.78, 5) is 26.5. The first-order valence-corrected chi connectivity index (χ1v) is 7.44. The molecule has 0 saturated carbocycles. The fourth-order valence-corrected chi connectivity index (χ4v) is 2.67. The lowest BCUT2D eigenvalue weighted by atomic mass is 9.89. The Morgan fingerprint density at radius 3 is 2.29 bits per heavy atom. The van der Waals surface area contributed by atoms with Crippen LogP contribution < -0.4 is 5.32 Å². The van der Waals surface area contributed by atoms with Gasteiger partial charge in [0.25, 0.3) is 0 Å². The Balaban J connectivity index is 2.05. The van der Waals surface area contributed by atoms with E-state index in [0.717, 1.165) is 12.8 Å². The molecular formula is C17H24N2O2. The van der Waals surface area contributed by atoms with Crippen LogP contribution in [0.4, 0.5) is 0 Å². The highest BCUT2D eigenvalue weighted by Crippen LogP contribution is 2.26. The number of benzene rings is 1. The van der Waals surface area contributed by atoms with Gasteiger partial charge in [0, 0.05) is 6.54 Å². The van der Waals surface area contributed by atoms with E-state index in [9.17, 15) is 9.59 Å². The van der Waals surface area contributed by atoms with Gasteiger partial charge in [-0.3, -0.25) is 9.59 Å². The molecule has 0 atom stereocenters. The Morgan fingerprint density at radius 2 is 1.67 bits per heavy atom. The Bertz CT molecular complexity index is 535. The Morgan fingerprint density at radius 1 is 1.05 bits per heavy atom. The van der Waals surface area contributed by atoms with Gasteiger partial charge in [-0.2, -0.15) is 0 Å². The van der Waals surface area contributed by atoms with Crippen molar-refractivity contribution in [1.29, 1.82) is 0 Å². The zero-order valence-corrected chi connectivity index (χ0v) is 13.3.